The van der Waals surface area contributed by atoms with Gasteiger partial charge in [0.2, 0.25) is 0 Å². The molecule has 0 saturated carbocycles. The molecule has 4 rings (SSSR count). The maximum absolute atomic E-state index is 12.5. The number of aryl methyl sites for hydroxylation is 1. The Labute approximate surface area is 192 Å². The Balaban J connectivity index is 1.45. The number of benzene rings is 2. The monoisotopic (exact) mass is 447 g/mol. The van der Waals surface area contributed by atoms with E-state index in [0.29, 0.717) is 48.5 Å². The molecule has 0 saturated heterocycles. The van der Waals surface area contributed by atoms with Gasteiger partial charge in [-0.2, -0.15) is 4.99 Å². The van der Waals surface area contributed by atoms with Crippen molar-refractivity contribution in [3.8, 4) is 17.2 Å². The predicted molar refractivity (Wildman–Crippen MR) is 125 cm³/mol. The van der Waals surface area contributed by atoms with Crippen molar-refractivity contribution in [1.82, 2.24) is 5.06 Å². The van der Waals surface area contributed by atoms with E-state index in [9.17, 15) is 4.79 Å². The Hall–Kier alpha value is -4.07. The van der Waals surface area contributed by atoms with Gasteiger partial charge in [0.1, 0.15) is 24.7 Å². The van der Waals surface area contributed by atoms with E-state index in [1.807, 2.05) is 38.1 Å². The SMILES string of the molecule is CCOc1cc(/C=C2/C(=N)N3OC(C)=CC3=NC2=O)ccc1OCCOc1ccc(C)cc1. The zero-order valence-corrected chi connectivity index (χ0v) is 18.8. The topological polar surface area (TPSA) is 93.4 Å². The number of carbonyl (C=O) groups is 1. The molecule has 0 spiro atoms. The smallest absolute Gasteiger partial charge is 0.282 e. The average molecular weight is 447 g/mol. The van der Waals surface area contributed by atoms with Gasteiger partial charge in [0, 0.05) is 6.08 Å². The van der Waals surface area contributed by atoms with Crippen LogP contribution < -0.4 is 14.2 Å². The molecule has 33 heavy (non-hydrogen) atoms. The van der Waals surface area contributed by atoms with Crippen molar-refractivity contribution in [1.29, 1.82) is 5.41 Å². The van der Waals surface area contributed by atoms with Crippen LogP contribution in [0.2, 0.25) is 0 Å². The Kier molecular flexibility index (Phi) is 6.44. The minimum Gasteiger partial charge on any atom is -0.490 e. The van der Waals surface area contributed by atoms with Crippen LogP contribution >= 0.6 is 0 Å². The lowest BCUT2D eigenvalue weighted by atomic mass is 10.1. The minimum atomic E-state index is -0.493. The van der Waals surface area contributed by atoms with E-state index in [0.717, 1.165) is 5.75 Å². The first-order chi connectivity index (χ1) is 15.9. The third-order valence-electron chi connectivity index (χ3n) is 4.89. The summed E-state index contributed by atoms with van der Waals surface area (Å²) in [6, 6.07) is 13.2. The lowest BCUT2D eigenvalue weighted by molar-refractivity contribution is -0.114. The molecule has 1 N–H and O–H groups in total. The molecule has 0 atom stereocenters. The molecule has 8 nitrogen and oxygen atoms in total. The zero-order chi connectivity index (χ0) is 23.4. The summed E-state index contributed by atoms with van der Waals surface area (Å²) < 4.78 is 17.3. The summed E-state index contributed by atoms with van der Waals surface area (Å²) in [6.45, 7) is 6.82. The molecule has 0 fully saturated rings. The Morgan fingerprint density at radius 2 is 1.79 bits per heavy atom. The van der Waals surface area contributed by atoms with E-state index in [-0.39, 0.29) is 11.4 Å². The summed E-state index contributed by atoms with van der Waals surface area (Å²) in [5.74, 6) is 2.21. The first kappa shape index (κ1) is 22.1. The molecule has 0 bridgehead atoms. The third kappa shape index (κ3) is 5.06. The summed E-state index contributed by atoms with van der Waals surface area (Å²) in [4.78, 5) is 21.9. The van der Waals surface area contributed by atoms with Gasteiger partial charge in [-0.15, -0.1) is 5.06 Å². The number of nitrogens with zero attached hydrogens (tertiary/aromatic N) is 2. The number of hydroxylamine groups is 2. The molecule has 1 amide bonds. The van der Waals surface area contributed by atoms with Crippen LogP contribution in [0, 0.1) is 12.3 Å². The van der Waals surface area contributed by atoms with Gasteiger partial charge in [0.05, 0.1) is 12.2 Å². The zero-order valence-electron chi connectivity index (χ0n) is 18.8. The number of rotatable bonds is 8. The fourth-order valence-electron chi connectivity index (χ4n) is 3.31. The number of amidine groups is 2. The van der Waals surface area contributed by atoms with Crippen LogP contribution in [0.15, 0.2) is 64.9 Å². The van der Waals surface area contributed by atoms with Crippen molar-refractivity contribution >= 4 is 23.7 Å². The molecular weight excluding hydrogens is 422 g/mol. The molecule has 2 aromatic carbocycles. The second-order valence-corrected chi connectivity index (χ2v) is 7.47. The Bertz CT molecular complexity index is 1170. The molecular formula is C25H25N3O5. The van der Waals surface area contributed by atoms with Gasteiger partial charge in [-0.25, -0.2) is 0 Å². The quantitative estimate of drug-likeness (QED) is 0.479. The molecule has 170 valence electrons. The van der Waals surface area contributed by atoms with E-state index in [4.69, 9.17) is 24.5 Å². The number of carbonyl (C=O) groups excluding carboxylic acids is 1. The van der Waals surface area contributed by atoms with Gasteiger partial charge in [-0.05, 0) is 56.7 Å². The highest BCUT2D eigenvalue weighted by Crippen LogP contribution is 2.30. The summed E-state index contributed by atoms with van der Waals surface area (Å²) in [5.41, 5.74) is 1.98. The number of fused-ring (bicyclic) bond motifs is 1. The van der Waals surface area contributed by atoms with Crippen LogP contribution in [-0.4, -0.2) is 42.5 Å². The fraction of sp³-hybridized carbons (Fsp3) is 0.240. The molecule has 2 aliphatic heterocycles. The number of aliphatic imine (C=N–C) groups is 1. The van der Waals surface area contributed by atoms with Crippen molar-refractivity contribution in [2.24, 2.45) is 4.99 Å². The largest absolute Gasteiger partial charge is 0.490 e. The lowest BCUT2D eigenvalue weighted by Crippen LogP contribution is -2.38. The van der Waals surface area contributed by atoms with Crippen molar-refractivity contribution in [2.45, 2.75) is 20.8 Å². The molecule has 8 heteroatoms. The Morgan fingerprint density at radius 3 is 2.55 bits per heavy atom. The van der Waals surface area contributed by atoms with E-state index < -0.39 is 5.91 Å². The second kappa shape index (κ2) is 9.60. The first-order valence-electron chi connectivity index (χ1n) is 10.6. The second-order valence-electron chi connectivity index (χ2n) is 7.47. The highest BCUT2D eigenvalue weighted by atomic mass is 16.7. The Morgan fingerprint density at radius 1 is 1.03 bits per heavy atom. The normalized spacial score (nSPS) is 16.2. The van der Waals surface area contributed by atoms with Gasteiger partial charge in [0.25, 0.3) is 5.91 Å². The van der Waals surface area contributed by atoms with Crippen LogP contribution in [0.5, 0.6) is 17.2 Å². The van der Waals surface area contributed by atoms with Gasteiger partial charge in [-0.3, -0.25) is 10.2 Å². The van der Waals surface area contributed by atoms with Crippen LogP contribution in [0.1, 0.15) is 25.0 Å². The van der Waals surface area contributed by atoms with Crippen LogP contribution in [0.25, 0.3) is 6.08 Å². The minimum absolute atomic E-state index is 0.0651. The summed E-state index contributed by atoms with van der Waals surface area (Å²) >= 11 is 0. The third-order valence-corrected chi connectivity index (χ3v) is 4.89. The fourth-order valence-corrected chi connectivity index (χ4v) is 3.31. The number of ether oxygens (including phenoxy) is 3. The van der Waals surface area contributed by atoms with Gasteiger partial charge in [0.15, 0.2) is 23.2 Å². The van der Waals surface area contributed by atoms with Crippen molar-refractivity contribution in [3.63, 3.8) is 0 Å². The van der Waals surface area contributed by atoms with Gasteiger partial charge in [-0.1, -0.05) is 23.8 Å². The molecule has 2 aromatic rings. The average Bonchev–Trinajstić information content (AvgIpc) is 3.17. The maximum atomic E-state index is 12.5. The number of amides is 1. The highest BCUT2D eigenvalue weighted by molar-refractivity contribution is 6.32. The number of hydrogen-bond acceptors (Lipinski definition) is 6. The maximum Gasteiger partial charge on any atom is 0.282 e. The summed E-state index contributed by atoms with van der Waals surface area (Å²) in [7, 11) is 0. The molecule has 2 aliphatic rings. The molecule has 0 unspecified atom stereocenters. The number of nitrogens with one attached hydrogen (secondary N) is 1. The molecule has 0 radical (unpaired) electrons. The molecule has 0 aliphatic carbocycles. The predicted octanol–water partition coefficient (Wildman–Crippen LogP) is 4.30. The van der Waals surface area contributed by atoms with E-state index >= 15 is 0 Å². The highest BCUT2D eigenvalue weighted by Gasteiger charge is 2.34. The molecule has 0 aromatic heterocycles. The van der Waals surface area contributed by atoms with Crippen LogP contribution in [0.3, 0.4) is 0 Å². The lowest BCUT2D eigenvalue weighted by Gasteiger charge is -2.23. The summed E-state index contributed by atoms with van der Waals surface area (Å²) in [5, 5.41) is 9.58. The van der Waals surface area contributed by atoms with E-state index in [1.165, 1.54) is 10.6 Å². The first-order valence-corrected chi connectivity index (χ1v) is 10.6. The summed E-state index contributed by atoms with van der Waals surface area (Å²) in [6.07, 6.45) is 3.21. The van der Waals surface area contributed by atoms with Crippen molar-refractivity contribution in [2.75, 3.05) is 19.8 Å². The van der Waals surface area contributed by atoms with Crippen LogP contribution in [-0.2, 0) is 9.63 Å². The van der Waals surface area contributed by atoms with Gasteiger partial charge >= 0.3 is 0 Å². The molecule has 2 heterocycles. The number of hydrogen-bond donors (Lipinski definition) is 1. The van der Waals surface area contributed by atoms with E-state index in [1.54, 1.807) is 37.3 Å². The van der Waals surface area contributed by atoms with Gasteiger partial charge < -0.3 is 19.0 Å². The van der Waals surface area contributed by atoms with Crippen molar-refractivity contribution < 1.29 is 23.8 Å². The van der Waals surface area contributed by atoms with Crippen LogP contribution in [0.4, 0.5) is 0 Å². The standard InChI is InChI=1S/C25H25N3O5/c1-4-30-22-15-18(14-20-24(26)28-23(27-25(20)29)13-17(3)33-28)7-10-21(22)32-12-11-31-19-8-5-16(2)6-9-19/h5-10,13-15,26H,4,11-12H2,1-3H3/b20-14-,26-24?. The van der Waals surface area contributed by atoms with E-state index in [2.05, 4.69) is 4.99 Å². The van der Waals surface area contributed by atoms with Crippen molar-refractivity contribution in [3.05, 3.63) is 71.0 Å². The number of allylic oxidation sites excluding steroid dienone is 1.